The molecule has 1 aromatic heterocycles. The Morgan fingerprint density at radius 2 is 1.64 bits per heavy atom. The Labute approximate surface area is 277 Å². The van der Waals surface area contributed by atoms with Crippen LogP contribution in [0, 0.1) is 11.8 Å². The number of unbranched alkanes of at least 4 members (excludes halogenated alkanes) is 3. The average molecular weight is 677 g/mol. The molecule has 0 aliphatic carbocycles. The third-order valence-corrected chi connectivity index (χ3v) is 9.12. The van der Waals surface area contributed by atoms with E-state index in [1.807, 2.05) is 12.1 Å². The minimum atomic E-state index is -4.39. The zero-order valence-corrected chi connectivity index (χ0v) is 27.6. The molecule has 11 heteroatoms. The van der Waals surface area contributed by atoms with E-state index in [2.05, 4.69) is 28.7 Å². The Morgan fingerprint density at radius 3 is 2.31 bits per heavy atom. The molecule has 0 bridgehead atoms. The maximum atomic E-state index is 13.0. The highest BCUT2D eigenvalue weighted by Crippen LogP contribution is 2.32. The highest BCUT2D eigenvalue weighted by Gasteiger charge is 2.30. The quantitative estimate of drug-likeness (QED) is 0.123. The Balaban J connectivity index is 1.72. The molecule has 2 aromatic carbocycles. The number of benzene rings is 2. The van der Waals surface area contributed by atoms with Crippen molar-refractivity contribution in [3.05, 3.63) is 96.8 Å². The Kier molecular flexibility index (Phi) is 13.0. The molecule has 240 valence electrons. The first-order valence-electron chi connectivity index (χ1n) is 15.0. The molecular formula is C34H38Cl2F3N5S. The van der Waals surface area contributed by atoms with E-state index in [0.29, 0.717) is 34.4 Å². The van der Waals surface area contributed by atoms with E-state index in [1.165, 1.54) is 23.5 Å². The third kappa shape index (κ3) is 10.6. The van der Waals surface area contributed by atoms with E-state index < -0.39 is 11.7 Å². The van der Waals surface area contributed by atoms with Gasteiger partial charge in [-0.05, 0) is 87.5 Å². The molecule has 0 spiro atoms. The molecule has 0 amide bonds. The van der Waals surface area contributed by atoms with Crippen molar-refractivity contribution in [2.45, 2.75) is 38.3 Å². The van der Waals surface area contributed by atoms with E-state index in [9.17, 15) is 13.2 Å². The van der Waals surface area contributed by atoms with Crippen LogP contribution in [0.15, 0.2) is 70.9 Å². The van der Waals surface area contributed by atoms with Crippen LogP contribution in [0.5, 0.6) is 0 Å². The SMILES string of the molecule is CN1CCN(C/C(C(=Nc2ccc(Cl)cc2Cl)c2ccc(C#Cc3ccc(C(F)(F)F)cc3)s2)=C(/N)CCCCCCN)CC1. The first-order valence-corrected chi connectivity index (χ1v) is 16.5. The molecule has 45 heavy (non-hydrogen) atoms. The van der Waals surface area contributed by atoms with Crippen LogP contribution >= 0.6 is 34.5 Å². The lowest BCUT2D eigenvalue weighted by Crippen LogP contribution is -2.45. The van der Waals surface area contributed by atoms with Gasteiger partial charge in [0.05, 0.1) is 31.7 Å². The molecule has 3 aromatic rings. The Hall–Kier alpha value is -2.84. The lowest BCUT2D eigenvalue weighted by Gasteiger charge is -2.33. The van der Waals surface area contributed by atoms with E-state index in [4.69, 9.17) is 39.7 Å². The topological polar surface area (TPSA) is 70.9 Å². The van der Waals surface area contributed by atoms with E-state index in [1.54, 1.807) is 18.2 Å². The summed E-state index contributed by atoms with van der Waals surface area (Å²) >= 11 is 14.2. The second kappa shape index (κ2) is 16.6. The van der Waals surface area contributed by atoms with Crippen LogP contribution in [0.2, 0.25) is 10.0 Å². The number of nitrogens with two attached hydrogens (primary N) is 2. The minimum absolute atomic E-state index is 0.429. The molecule has 0 saturated carbocycles. The van der Waals surface area contributed by atoms with Gasteiger partial charge in [0.15, 0.2) is 0 Å². The normalized spacial score (nSPS) is 15.5. The Morgan fingerprint density at radius 1 is 0.933 bits per heavy atom. The number of hydrogen-bond acceptors (Lipinski definition) is 6. The molecular weight excluding hydrogens is 638 g/mol. The van der Waals surface area contributed by atoms with Gasteiger partial charge in [-0.1, -0.05) is 47.9 Å². The fraction of sp³-hybridized carbons (Fsp3) is 0.382. The average Bonchev–Trinajstić information content (AvgIpc) is 3.48. The van der Waals surface area contributed by atoms with Gasteiger partial charge >= 0.3 is 6.18 Å². The molecule has 0 atom stereocenters. The van der Waals surface area contributed by atoms with Gasteiger partial charge in [0.25, 0.3) is 0 Å². The van der Waals surface area contributed by atoms with Gasteiger partial charge < -0.3 is 16.4 Å². The van der Waals surface area contributed by atoms with Gasteiger partial charge in [-0.2, -0.15) is 13.2 Å². The number of piperazine rings is 1. The summed E-state index contributed by atoms with van der Waals surface area (Å²) in [4.78, 5) is 11.4. The van der Waals surface area contributed by atoms with Gasteiger partial charge in [-0.15, -0.1) is 11.3 Å². The van der Waals surface area contributed by atoms with Crippen molar-refractivity contribution < 1.29 is 13.2 Å². The van der Waals surface area contributed by atoms with Crippen LogP contribution in [0.3, 0.4) is 0 Å². The van der Waals surface area contributed by atoms with Crippen molar-refractivity contribution in [2.75, 3.05) is 46.3 Å². The lowest BCUT2D eigenvalue weighted by molar-refractivity contribution is -0.137. The van der Waals surface area contributed by atoms with Crippen LogP contribution in [-0.4, -0.2) is 61.8 Å². The maximum absolute atomic E-state index is 13.0. The fourth-order valence-corrected chi connectivity index (χ4v) is 6.22. The molecule has 4 N–H and O–H groups in total. The molecule has 1 aliphatic rings. The van der Waals surface area contributed by atoms with Crippen LogP contribution in [0.25, 0.3) is 0 Å². The van der Waals surface area contributed by atoms with E-state index >= 15 is 0 Å². The molecule has 1 aliphatic heterocycles. The maximum Gasteiger partial charge on any atom is 0.416 e. The summed E-state index contributed by atoms with van der Waals surface area (Å²) in [6.45, 7) is 5.06. The number of alkyl halides is 3. The molecule has 2 heterocycles. The van der Waals surface area contributed by atoms with Gasteiger partial charge in [0.2, 0.25) is 0 Å². The summed E-state index contributed by atoms with van der Waals surface area (Å²) in [7, 11) is 2.12. The van der Waals surface area contributed by atoms with Crippen molar-refractivity contribution >= 4 is 45.9 Å². The Bertz CT molecular complexity index is 1550. The predicted molar refractivity (Wildman–Crippen MR) is 182 cm³/mol. The summed E-state index contributed by atoms with van der Waals surface area (Å²) in [6, 6.07) is 13.9. The number of aliphatic imine (C=N–C) groups is 1. The molecule has 5 nitrogen and oxygen atoms in total. The van der Waals surface area contributed by atoms with Crippen molar-refractivity contribution in [1.29, 1.82) is 0 Å². The van der Waals surface area contributed by atoms with Crippen molar-refractivity contribution in [1.82, 2.24) is 9.80 Å². The highest BCUT2D eigenvalue weighted by molar-refractivity contribution is 7.14. The summed E-state index contributed by atoms with van der Waals surface area (Å²) < 4.78 is 38.9. The molecule has 0 unspecified atom stereocenters. The zero-order chi connectivity index (χ0) is 32.4. The number of hydrogen-bond donors (Lipinski definition) is 2. The lowest BCUT2D eigenvalue weighted by atomic mass is 10.0. The smallest absolute Gasteiger partial charge is 0.402 e. The molecule has 1 saturated heterocycles. The van der Waals surface area contributed by atoms with Crippen molar-refractivity contribution in [3.63, 3.8) is 0 Å². The second-order valence-corrected chi connectivity index (χ2v) is 13.0. The number of allylic oxidation sites excluding steroid dienone is 1. The van der Waals surface area contributed by atoms with Crippen LogP contribution < -0.4 is 11.5 Å². The van der Waals surface area contributed by atoms with Crippen molar-refractivity contribution in [2.24, 2.45) is 16.5 Å². The van der Waals surface area contributed by atoms with Crippen LogP contribution in [-0.2, 0) is 6.18 Å². The first-order chi connectivity index (χ1) is 21.5. The highest BCUT2D eigenvalue weighted by atomic mass is 35.5. The standard InChI is InChI=1S/C34H38Cl2F3N5S/c1-43-18-20-44(21-19-43)23-28(30(41)6-4-2-3-5-17-40)33(42-31-15-12-26(35)22-29(31)36)32-16-14-27(45-32)13-9-24-7-10-25(11-8-24)34(37,38)39/h7-8,10-12,14-16,22H,2-6,17-21,23,40-41H2,1H3/b30-28-,42-33?. The summed E-state index contributed by atoms with van der Waals surface area (Å²) in [5.74, 6) is 6.08. The predicted octanol–water partition coefficient (Wildman–Crippen LogP) is 7.96. The number of likely N-dealkylation sites (N-methyl/N-ethyl adjacent to an activating group) is 1. The van der Waals surface area contributed by atoms with Crippen molar-refractivity contribution in [3.8, 4) is 11.8 Å². The summed E-state index contributed by atoms with van der Waals surface area (Å²) in [5, 5.41) is 0.945. The van der Waals surface area contributed by atoms with Gasteiger partial charge in [0.1, 0.15) is 0 Å². The fourth-order valence-electron chi connectivity index (χ4n) is 4.89. The zero-order valence-electron chi connectivity index (χ0n) is 25.3. The van der Waals surface area contributed by atoms with E-state index in [-0.39, 0.29) is 0 Å². The summed E-state index contributed by atoms with van der Waals surface area (Å²) in [5.41, 5.74) is 15.4. The molecule has 0 radical (unpaired) electrons. The number of nitrogens with zero attached hydrogens (tertiary/aromatic N) is 3. The molecule has 1 fully saturated rings. The first kappa shape index (κ1) is 35.0. The van der Waals surface area contributed by atoms with E-state index in [0.717, 1.165) is 97.2 Å². The number of thiophene rings is 1. The van der Waals surface area contributed by atoms with Gasteiger partial charge in [-0.3, -0.25) is 4.90 Å². The largest absolute Gasteiger partial charge is 0.416 e. The van der Waals surface area contributed by atoms with Crippen LogP contribution in [0.4, 0.5) is 18.9 Å². The monoisotopic (exact) mass is 675 g/mol. The molecule has 4 rings (SSSR count). The van der Waals surface area contributed by atoms with Gasteiger partial charge in [0, 0.05) is 54.6 Å². The minimum Gasteiger partial charge on any atom is -0.402 e. The number of halogens is 5. The van der Waals surface area contributed by atoms with Gasteiger partial charge in [-0.25, -0.2) is 4.99 Å². The second-order valence-electron chi connectivity index (χ2n) is 11.1. The summed E-state index contributed by atoms with van der Waals surface area (Å²) in [6.07, 6.45) is 0.376. The van der Waals surface area contributed by atoms with Crippen LogP contribution in [0.1, 0.15) is 53.0 Å². The third-order valence-electron chi connectivity index (χ3n) is 7.57. The number of rotatable bonds is 11.